The average molecular weight is 250 g/mol. The van der Waals surface area contributed by atoms with E-state index in [9.17, 15) is 4.79 Å². The molecule has 0 spiro atoms. The fourth-order valence-corrected chi connectivity index (χ4v) is 1.31. The molecule has 96 valence electrons. The quantitative estimate of drug-likeness (QED) is 0.328. The van der Waals surface area contributed by atoms with Gasteiger partial charge < -0.3 is 15.6 Å². The first-order valence-electron chi connectivity index (χ1n) is 5.34. The van der Waals surface area contributed by atoms with Crippen molar-refractivity contribution in [2.24, 2.45) is 10.8 Å². The fourth-order valence-electron chi connectivity index (χ4n) is 1.31. The lowest BCUT2D eigenvalue weighted by atomic mass is 10.1. The van der Waals surface area contributed by atoms with Crippen LogP contribution in [0.3, 0.4) is 0 Å². The van der Waals surface area contributed by atoms with Gasteiger partial charge in [0.15, 0.2) is 0 Å². The first-order valence-corrected chi connectivity index (χ1v) is 5.34. The molecule has 7 nitrogen and oxygen atoms in total. The van der Waals surface area contributed by atoms with E-state index in [2.05, 4.69) is 10.0 Å². The molecule has 0 aliphatic carbocycles. The van der Waals surface area contributed by atoms with Crippen LogP contribution < -0.4 is 10.5 Å². The van der Waals surface area contributed by atoms with Gasteiger partial charge >= 0.3 is 5.97 Å². The Balaban J connectivity index is 2.47. The zero-order valence-corrected chi connectivity index (χ0v) is 9.69. The Bertz CT molecular complexity index is 440. The highest BCUT2D eigenvalue weighted by Gasteiger charge is 2.11. The number of carboxylic acids is 1. The van der Waals surface area contributed by atoms with Crippen molar-refractivity contribution in [1.82, 2.24) is 0 Å². The van der Waals surface area contributed by atoms with Crippen molar-refractivity contribution in [1.29, 1.82) is 0 Å². The van der Waals surface area contributed by atoms with E-state index in [-0.39, 0.29) is 13.0 Å². The number of hydrogen-bond donors (Lipinski definition) is 2. The molecular formula is C11H14N4O3. The van der Waals surface area contributed by atoms with Crippen LogP contribution in [0.1, 0.15) is 5.56 Å². The summed E-state index contributed by atoms with van der Waals surface area (Å²) in [4.78, 5) is 13.2. The second-order valence-electron chi connectivity index (χ2n) is 3.60. The number of benzene rings is 1. The first-order chi connectivity index (χ1) is 8.63. The molecule has 0 bridgehead atoms. The normalized spacial score (nSPS) is 11.4. The van der Waals surface area contributed by atoms with Gasteiger partial charge in [-0.3, -0.25) is 4.79 Å². The minimum absolute atomic E-state index is 0.266. The van der Waals surface area contributed by atoms with Gasteiger partial charge in [-0.15, -0.1) is 0 Å². The van der Waals surface area contributed by atoms with Crippen molar-refractivity contribution < 1.29 is 14.6 Å². The van der Waals surface area contributed by atoms with Crippen LogP contribution in [0.25, 0.3) is 10.4 Å². The molecule has 18 heavy (non-hydrogen) atoms. The zero-order valence-electron chi connectivity index (χ0n) is 9.69. The SMILES string of the molecule is [N-]=[N+]=NCCOc1ccc(CC(N)C(=O)O)cc1. The Morgan fingerprint density at radius 3 is 2.72 bits per heavy atom. The Morgan fingerprint density at radius 1 is 1.50 bits per heavy atom. The molecule has 1 aromatic carbocycles. The van der Waals surface area contributed by atoms with E-state index in [1.54, 1.807) is 24.3 Å². The average Bonchev–Trinajstić information content (AvgIpc) is 2.36. The maximum atomic E-state index is 10.6. The van der Waals surface area contributed by atoms with Gasteiger partial charge in [0.1, 0.15) is 11.8 Å². The van der Waals surface area contributed by atoms with Gasteiger partial charge in [-0.1, -0.05) is 17.2 Å². The number of aliphatic carboxylic acids is 1. The van der Waals surface area contributed by atoms with Crippen LogP contribution in [0.15, 0.2) is 29.4 Å². The molecule has 1 aromatic rings. The number of nitrogens with two attached hydrogens (primary N) is 1. The van der Waals surface area contributed by atoms with Crippen LogP contribution in [0.5, 0.6) is 5.75 Å². The van der Waals surface area contributed by atoms with Crippen LogP contribution in [-0.2, 0) is 11.2 Å². The monoisotopic (exact) mass is 250 g/mol. The Hall–Kier alpha value is -2.24. The number of hydrogen-bond acceptors (Lipinski definition) is 4. The minimum Gasteiger partial charge on any atom is -0.493 e. The molecule has 0 fully saturated rings. The lowest BCUT2D eigenvalue weighted by Gasteiger charge is -2.08. The van der Waals surface area contributed by atoms with Crippen molar-refractivity contribution in [2.75, 3.05) is 13.2 Å². The van der Waals surface area contributed by atoms with Crippen molar-refractivity contribution in [3.8, 4) is 5.75 Å². The van der Waals surface area contributed by atoms with Gasteiger partial charge in [0.2, 0.25) is 0 Å². The van der Waals surface area contributed by atoms with Gasteiger partial charge in [-0.25, -0.2) is 0 Å². The van der Waals surface area contributed by atoms with Crippen LogP contribution >= 0.6 is 0 Å². The highest BCUT2D eigenvalue weighted by atomic mass is 16.5. The van der Waals surface area contributed by atoms with E-state index < -0.39 is 12.0 Å². The predicted molar refractivity (Wildman–Crippen MR) is 65.3 cm³/mol. The number of carbonyl (C=O) groups is 1. The van der Waals surface area contributed by atoms with Crippen LogP contribution in [-0.4, -0.2) is 30.3 Å². The van der Waals surface area contributed by atoms with Crippen molar-refractivity contribution in [3.05, 3.63) is 40.3 Å². The number of rotatable bonds is 7. The van der Waals surface area contributed by atoms with Gasteiger partial charge in [-0.05, 0) is 29.6 Å². The Morgan fingerprint density at radius 2 is 2.17 bits per heavy atom. The summed E-state index contributed by atoms with van der Waals surface area (Å²) in [6, 6.07) is 6.05. The van der Waals surface area contributed by atoms with Gasteiger partial charge in [0.05, 0.1) is 13.2 Å². The summed E-state index contributed by atoms with van der Waals surface area (Å²) in [6.45, 7) is 0.570. The van der Waals surface area contributed by atoms with Crippen LogP contribution in [0, 0.1) is 0 Å². The number of ether oxygens (including phenoxy) is 1. The molecular weight excluding hydrogens is 236 g/mol. The molecule has 1 rings (SSSR count). The van der Waals surface area contributed by atoms with Gasteiger partial charge in [0, 0.05) is 4.91 Å². The first kappa shape index (κ1) is 13.8. The molecule has 0 aliphatic rings. The summed E-state index contributed by atoms with van der Waals surface area (Å²) >= 11 is 0. The Labute approximate surface area is 104 Å². The Kier molecular flexibility index (Phi) is 5.50. The summed E-state index contributed by atoms with van der Waals surface area (Å²) in [7, 11) is 0. The molecule has 1 atom stereocenters. The molecule has 0 amide bonds. The number of nitrogens with zero attached hydrogens (tertiary/aromatic N) is 3. The fraction of sp³-hybridized carbons (Fsp3) is 0.364. The molecule has 0 saturated carbocycles. The third-order valence-corrected chi connectivity index (χ3v) is 2.22. The van der Waals surface area contributed by atoms with Gasteiger partial charge in [0.25, 0.3) is 0 Å². The highest BCUT2D eigenvalue weighted by molar-refractivity contribution is 5.73. The summed E-state index contributed by atoms with van der Waals surface area (Å²) in [5.74, 6) is -0.388. The molecule has 0 saturated heterocycles. The van der Waals surface area contributed by atoms with E-state index in [1.807, 2.05) is 0 Å². The molecule has 0 radical (unpaired) electrons. The van der Waals surface area contributed by atoms with E-state index in [0.29, 0.717) is 12.4 Å². The second-order valence-corrected chi connectivity index (χ2v) is 3.60. The van der Waals surface area contributed by atoms with E-state index >= 15 is 0 Å². The van der Waals surface area contributed by atoms with E-state index in [0.717, 1.165) is 5.56 Å². The summed E-state index contributed by atoms with van der Waals surface area (Å²) in [5.41, 5.74) is 14.3. The molecule has 0 aliphatic heterocycles. The molecule has 0 aromatic heterocycles. The topological polar surface area (TPSA) is 121 Å². The predicted octanol–water partition coefficient (Wildman–Crippen LogP) is 1.33. The minimum atomic E-state index is -1.02. The highest BCUT2D eigenvalue weighted by Crippen LogP contribution is 2.13. The number of carboxylic acid groups (broad SMARTS) is 1. The third-order valence-electron chi connectivity index (χ3n) is 2.22. The third kappa shape index (κ3) is 4.73. The van der Waals surface area contributed by atoms with Crippen molar-refractivity contribution in [3.63, 3.8) is 0 Å². The lowest BCUT2D eigenvalue weighted by Crippen LogP contribution is -2.32. The van der Waals surface area contributed by atoms with Crippen molar-refractivity contribution >= 4 is 5.97 Å². The second kappa shape index (κ2) is 7.16. The molecule has 3 N–H and O–H groups in total. The summed E-state index contributed by atoms with van der Waals surface area (Å²) in [5, 5.41) is 12.0. The standard InChI is InChI=1S/C11H14N4O3/c12-10(11(16)17)7-8-1-3-9(4-2-8)18-6-5-14-15-13/h1-4,10H,5-7,12H2,(H,16,17). The van der Waals surface area contributed by atoms with E-state index in [1.165, 1.54) is 0 Å². The largest absolute Gasteiger partial charge is 0.493 e. The molecule has 1 unspecified atom stereocenters. The number of azide groups is 1. The smallest absolute Gasteiger partial charge is 0.320 e. The maximum Gasteiger partial charge on any atom is 0.320 e. The zero-order chi connectivity index (χ0) is 13.4. The summed E-state index contributed by atoms with van der Waals surface area (Å²) in [6.07, 6.45) is 0.272. The lowest BCUT2D eigenvalue weighted by molar-refractivity contribution is -0.138. The molecule has 0 heterocycles. The van der Waals surface area contributed by atoms with Crippen molar-refractivity contribution in [2.45, 2.75) is 12.5 Å². The van der Waals surface area contributed by atoms with Crippen LogP contribution in [0.2, 0.25) is 0 Å². The summed E-state index contributed by atoms with van der Waals surface area (Å²) < 4.78 is 5.30. The maximum absolute atomic E-state index is 10.6. The van der Waals surface area contributed by atoms with Crippen LogP contribution in [0.4, 0.5) is 0 Å². The van der Waals surface area contributed by atoms with Gasteiger partial charge in [-0.2, -0.15) is 0 Å². The van der Waals surface area contributed by atoms with E-state index in [4.69, 9.17) is 21.1 Å². The molecule has 7 heteroatoms.